The van der Waals surface area contributed by atoms with Crippen molar-refractivity contribution in [2.24, 2.45) is 0 Å². The van der Waals surface area contributed by atoms with Crippen LogP contribution in [-0.4, -0.2) is 63.4 Å². The Morgan fingerprint density at radius 2 is 1.97 bits per heavy atom. The molecule has 0 atom stereocenters. The summed E-state index contributed by atoms with van der Waals surface area (Å²) >= 11 is 0. The summed E-state index contributed by atoms with van der Waals surface area (Å²) in [6, 6.07) is 3.14. The Kier molecular flexibility index (Phi) is 5.49. The molecule has 0 aliphatic carbocycles. The van der Waals surface area contributed by atoms with Crippen molar-refractivity contribution in [3.05, 3.63) is 57.8 Å². The summed E-state index contributed by atoms with van der Waals surface area (Å²) in [7, 11) is 1.48. The summed E-state index contributed by atoms with van der Waals surface area (Å²) in [6.07, 6.45) is 4.41. The number of aromatic amines is 1. The summed E-state index contributed by atoms with van der Waals surface area (Å²) in [4.78, 5) is 38.8. The van der Waals surface area contributed by atoms with Gasteiger partial charge in [0.1, 0.15) is 5.69 Å². The van der Waals surface area contributed by atoms with Crippen LogP contribution in [-0.2, 0) is 13.0 Å². The van der Waals surface area contributed by atoms with Gasteiger partial charge in [-0.15, -0.1) is 0 Å². The molecule has 3 aromatic rings. The minimum absolute atomic E-state index is 0.0634. The fraction of sp³-hybridized carbons (Fsp3) is 0.400. The van der Waals surface area contributed by atoms with Crippen LogP contribution in [0.3, 0.4) is 0 Å². The largest absolute Gasteiger partial charge is 0.365 e. The van der Waals surface area contributed by atoms with Gasteiger partial charge < -0.3 is 10.2 Å². The maximum absolute atomic E-state index is 14.4. The first-order valence-electron chi connectivity index (χ1n) is 9.94. The van der Waals surface area contributed by atoms with Crippen molar-refractivity contribution in [2.75, 3.05) is 38.1 Å². The van der Waals surface area contributed by atoms with Crippen molar-refractivity contribution in [1.82, 2.24) is 29.6 Å². The van der Waals surface area contributed by atoms with Crippen molar-refractivity contribution in [3.63, 3.8) is 0 Å². The van der Waals surface area contributed by atoms with Crippen LogP contribution in [0, 0.1) is 5.95 Å². The topological polar surface area (TPSA) is 98.6 Å². The van der Waals surface area contributed by atoms with Crippen molar-refractivity contribution >= 4 is 17.4 Å². The molecule has 9 nitrogen and oxygen atoms in total. The van der Waals surface area contributed by atoms with Gasteiger partial charge in [0.25, 0.3) is 11.5 Å². The Balaban J connectivity index is 1.41. The molecule has 4 heterocycles. The van der Waals surface area contributed by atoms with Gasteiger partial charge in [0.15, 0.2) is 0 Å². The molecule has 10 heteroatoms. The van der Waals surface area contributed by atoms with Crippen LogP contribution in [0.5, 0.6) is 0 Å². The predicted octanol–water partition coefficient (Wildman–Crippen LogP) is 0.801. The van der Waals surface area contributed by atoms with E-state index in [9.17, 15) is 14.0 Å². The highest BCUT2D eigenvalue weighted by Crippen LogP contribution is 2.20. The number of aromatic nitrogens is 4. The van der Waals surface area contributed by atoms with Gasteiger partial charge in [0.2, 0.25) is 11.7 Å². The van der Waals surface area contributed by atoms with E-state index in [1.54, 1.807) is 6.07 Å². The van der Waals surface area contributed by atoms with E-state index in [2.05, 4.69) is 25.2 Å². The number of fused-ring (bicyclic) bond motifs is 1. The number of pyridine rings is 1. The van der Waals surface area contributed by atoms with Gasteiger partial charge in [-0.25, -0.2) is 9.97 Å². The lowest BCUT2D eigenvalue weighted by atomic mass is 10.2. The molecule has 0 radical (unpaired) electrons. The molecule has 1 saturated heterocycles. The molecule has 0 unspecified atom stereocenters. The summed E-state index contributed by atoms with van der Waals surface area (Å²) in [5.41, 5.74) is 1.95. The molecular weight excluding hydrogens is 389 g/mol. The molecule has 3 aromatic heterocycles. The molecule has 30 heavy (non-hydrogen) atoms. The van der Waals surface area contributed by atoms with Crippen LogP contribution >= 0.6 is 0 Å². The molecule has 0 bridgehead atoms. The number of carbonyl (C=O) groups excluding carboxylic acids is 1. The van der Waals surface area contributed by atoms with Crippen molar-refractivity contribution < 1.29 is 9.18 Å². The monoisotopic (exact) mass is 413 g/mol. The van der Waals surface area contributed by atoms with Crippen molar-refractivity contribution in [1.29, 1.82) is 0 Å². The molecule has 4 rings (SSSR count). The Morgan fingerprint density at radius 1 is 1.20 bits per heavy atom. The molecule has 1 fully saturated rings. The zero-order valence-corrected chi connectivity index (χ0v) is 17.0. The number of hydrogen-bond acceptors (Lipinski definition) is 6. The second kappa shape index (κ2) is 8.23. The zero-order valence-electron chi connectivity index (χ0n) is 17.0. The van der Waals surface area contributed by atoms with Crippen molar-refractivity contribution in [2.45, 2.75) is 19.9 Å². The molecule has 1 aliphatic rings. The quantitative estimate of drug-likeness (QED) is 0.601. The number of carbonyl (C=O) groups is 1. The first kappa shape index (κ1) is 20.0. The Bertz CT molecular complexity index is 1130. The van der Waals surface area contributed by atoms with Gasteiger partial charge in [-0.2, -0.15) is 4.39 Å². The lowest BCUT2D eigenvalue weighted by Crippen LogP contribution is -2.46. The number of H-pyrrole nitrogens is 1. The lowest BCUT2D eigenvalue weighted by molar-refractivity contribution is 0.0957. The van der Waals surface area contributed by atoms with Crippen LogP contribution in [0.4, 0.5) is 10.1 Å². The molecule has 158 valence electrons. The van der Waals surface area contributed by atoms with Gasteiger partial charge in [-0.3, -0.25) is 23.9 Å². The van der Waals surface area contributed by atoms with Gasteiger partial charge >= 0.3 is 0 Å². The van der Waals surface area contributed by atoms with E-state index in [1.165, 1.54) is 13.1 Å². The number of rotatable bonds is 5. The maximum Gasteiger partial charge on any atom is 0.269 e. The highest BCUT2D eigenvalue weighted by Gasteiger charge is 2.22. The second-order valence-corrected chi connectivity index (χ2v) is 7.27. The van der Waals surface area contributed by atoms with Gasteiger partial charge in [-0.1, -0.05) is 6.92 Å². The Labute approximate surface area is 172 Å². The normalized spacial score (nSPS) is 15.0. The summed E-state index contributed by atoms with van der Waals surface area (Å²) in [5, 5.41) is 2.44. The number of amides is 1. The first-order valence-corrected chi connectivity index (χ1v) is 9.94. The summed E-state index contributed by atoms with van der Waals surface area (Å²) < 4.78 is 16.2. The molecule has 2 N–H and O–H groups in total. The van der Waals surface area contributed by atoms with Gasteiger partial charge in [0, 0.05) is 57.7 Å². The zero-order chi connectivity index (χ0) is 21.3. The Morgan fingerprint density at radius 3 is 2.63 bits per heavy atom. The minimum atomic E-state index is -0.638. The Hall–Kier alpha value is -3.27. The van der Waals surface area contributed by atoms with Gasteiger partial charge in [0.05, 0.1) is 11.4 Å². The third kappa shape index (κ3) is 3.90. The minimum Gasteiger partial charge on any atom is -0.365 e. The number of imidazole rings is 1. The molecule has 1 amide bonds. The summed E-state index contributed by atoms with van der Waals surface area (Å²) in [6.45, 7) is 5.35. The number of anilines is 1. The molecule has 0 saturated carbocycles. The lowest BCUT2D eigenvalue weighted by Gasteiger charge is -2.35. The van der Waals surface area contributed by atoms with Crippen LogP contribution in [0.25, 0.3) is 5.78 Å². The molecule has 1 aliphatic heterocycles. The highest BCUT2D eigenvalue weighted by molar-refractivity contribution is 5.92. The van der Waals surface area contributed by atoms with E-state index >= 15 is 0 Å². The number of nitrogens with one attached hydrogen (secondary N) is 2. The third-order valence-electron chi connectivity index (χ3n) is 5.36. The summed E-state index contributed by atoms with van der Waals surface area (Å²) in [5.74, 6) is -0.513. The van der Waals surface area contributed by atoms with Crippen molar-refractivity contribution in [3.8, 4) is 0 Å². The SMILES string of the molecule is CCc1cn2cc(CN3CCN(c4ccc(C(=O)NC)nc4F)CC3)nc2[nH]c1=O. The van der Waals surface area contributed by atoms with E-state index < -0.39 is 11.9 Å². The maximum atomic E-state index is 14.4. The standard InChI is InChI=1S/C20H24FN7O2/c1-3-13-10-28-12-14(23-20(28)25-18(13)29)11-26-6-8-27(9-7-26)16-5-4-15(19(30)22-2)24-17(16)21/h4-5,10,12H,3,6-9,11H2,1-2H3,(H,22,30)(H,23,25,29). The van der Waals surface area contributed by atoms with E-state index in [4.69, 9.17) is 0 Å². The predicted molar refractivity (Wildman–Crippen MR) is 110 cm³/mol. The smallest absolute Gasteiger partial charge is 0.269 e. The van der Waals surface area contributed by atoms with E-state index in [1.807, 2.05) is 28.6 Å². The number of aryl methyl sites for hydroxylation is 1. The molecular formula is C20H24FN7O2. The highest BCUT2D eigenvalue weighted by atomic mass is 19.1. The second-order valence-electron chi connectivity index (χ2n) is 7.27. The molecule has 0 spiro atoms. The average Bonchev–Trinajstić information content (AvgIpc) is 3.14. The van der Waals surface area contributed by atoms with Crippen LogP contribution < -0.4 is 15.8 Å². The van der Waals surface area contributed by atoms with Gasteiger partial charge in [-0.05, 0) is 18.6 Å². The number of hydrogen-bond donors (Lipinski definition) is 2. The van der Waals surface area contributed by atoms with Crippen LogP contribution in [0.15, 0.2) is 29.3 Å². The molecule has 0 aromatic carbocycles. The van der Waals surface area contributed by atoms with E-state index in [-0.39, 0.29) is 11.3 Å². The van der Waals surface area contributed by atoms with E-state index in [0.29, 0.717) is 37.5 Å². The fourth-order valence-corrected chi connectivity index (χ4v) is 3.66. The first-order chi connectivity index (χ1) is 14.5. The number of halogens is 1. The number of piperazine rings is 1. The average molecular weight is 413 g/mol. The number of nitrogens with zero attached hydrogens (tertiary/aromatic N) is 5. The van der Waals surface area contributed by atoms with E-state index in [0.717, 1.165) is 24.3 Å². The van der Waals surface area contributed by atoms with Crippen LogP contribution in [0.1, 0.15) is 28.7 Å². The van der Waals surface area contributed by atoms with Crippen LogP contribution in [0.2, 0.25) is 0 Å². The fourth-order valence-electron chi connectivity index (χ4n) is 3.66. The third-order valence-corrected chi connectivity index (χ3v) is 5.36.